The van der Waals surface area contributed by atoms with Gasteiger partial charge in [-0.3, -0.25) is 0 Å². The molecule has 0 radical (unpaired) electrons. The average Bonchev–Trinajstić information content (AvgIpc) is 2.91. The topological polar surface area (TPSA) is 29.4 Å². The van der Waals surface area contributed by atoms with Gasteiger partial charge < -0.3 is 9.72 Å². The standard InChI is InChI=1S/C15H9BrN2O/c1-17-10-3-2-4-11(9-10)19-14-6-5-13-12(15(14)16)7-8-18-13/h2-9,18H. The molecular weight excluding hydrogens is 304 g/mol. The monoisotopic (exact) mass is 312 g/mol. The molecule has 2 aromatic carbocycles. The number of nitrogens with zero attached hydrogens (tertiary/aromatic N) is 1. The highest BCUT2D eigenvalue weighted by molar-refractivity contribution is 9.10. The molecule has 0 atom stereocenters. The summed E-state index contributed by atoms with van der Waals surface area (Å²) in [5.74, 6) is 1.39. The zero-order chi connectivity index (χ0) is 13.2. The van der Waals surface area contributed by atoms with Crippen LogP contribution in [0.1, 0.15) is 0 Å². The first-order valence-corrected chi connectivity index (χ1v) is 6.48. The van der Waals surface area contributed by atoms with E-state index in [9.17, 15) is 0 Å². The fourth-order valence-corrected chi connectivity index (χ4v) is 2.46. The Balaban J connectivity index is 2.01. The van der Waals surface area contributed by atoms with Crippen molar-refractivity contribution in [2.45, 2.75) is 0 Å². The van der Waals surface area contributed by atoms with Crippen molar-refractivity contribution in [2.24, 2.45) is 0 Å². The lowest BCUT2D eigenvalue weighted by Crippen LogP contribution is -1.85. The van der Waals surface area contributed by atoms with Crippen molar-refractivity contribution < 1.29 is 4.74 Å². The Morgan fingerprint density at radius 3 is 2.89 bits per heavy atom. The van der Waals surface area contributed by atoms with E-state index in [0.29, 0.717) is 11.4 Å². The molecular formula is C15H9BrN2O. The van der Waals surface area contributed by atoms with Gasteiger partial charge in [-0.2, -0.15) is 0 Å². The number of H-pyrrole nitrogens is 1. The molecule has 0 bridgehead atoms. The van der Waals surface area contributed by atoms with Crippen LogP contribution in [0.25, 0.3) is 15.7 Å². The number of halogens is 1. The molecule has 0 saturated heterocycles. The minimum Gasteiger partial charge on any atom is -0.457 e. The van der Waals surface area contributed by atoms with E-state index >= 15 is 0 Å². The molecule has 0 amide bonds. The van der Waals surface area contributed by atoms with E-state index in [4.69, 9.17) is 11.3 Å². The van der Waals surface area contributed by atoms with Crippen LogP contribution in [0.2, 0.25) is 0 Å². The molecule has 1 heterocycles. The molecule has 0 aliphatic carbocycles. The molecule has 4 heteroatoms. The molecule has 92 valence electrons. The first-order valence-electron chi connectivity index (χ1n) is 5.69. The van der Waals surface area contributed by atoms with E-state index in [1.54, 1.807) is 12.1 Å². The summed E-state index contributed by atoms with van der Waals surface area (Å²) in [4.78, 5) is 6.53. The van der Waals surface area contributed by atoms with Crippen molar-refractivity contribution in [3.63, 3.8) is 0 Å². The summed E-state index contributed by atoms with van der Waals surface area (Å²) in [6, 6.07) is 13.0. The predicted octanol–water partition coefficient (Wildman–Crippen LogP) is 5.27. The highest BCUT2D eigenvalue weighted by Crippen LogP contribution is 2.36. The number of rotatable bonds is 2. The lowest BCUT2D eigenvalue weighted by Gasteiger charge is -2.08. The van der Waals surface area contributed by atoms with Gasteiger partial charge in [0.25, 0.3) is 0 Å². The van der Waals surface area contributed by atoms with Crippen LogP contribution in [-0.4, -0.2) is 4.98 Å². The highest BCUT2D eigenvalue weighted by Gasteiger charge is 2.08. The summed E-state index contributed by atoms with van der Waals surface area (Å²) in [5, 5.41) is 1.07. The van der Waals surface area contributed by atoms with E-state index in [0.717, 1.165) is 21.1 Å². The number of nitrogens with one attached hydrogen (secondary N) is 1. The molecule has 3 nitrogen and oxygen atoms in total. The SMILES string of the molecule is [C-]#[N+]c1cccc(Oc2ccc3[nH]ccc3c2Br)c1. The smallest absolute Gasteiger partial charge is 0.190 e. The molecule has 3 aromatic rings. The number of hydrogen-bond donors (Lipinski definition) is 1. The zero-order valence-corrected chi connectivity index (χ0v) is 11.4. The normalized spacial score (nSPS) is 10.3. The van der Waals surface area contributed by atoms with Gasteiger partial charge in [0.05, 0.1) is 11.0 Å². The largest absolute Gasteiger partial charge is 0.457 e. The maximum atomic E-state index is 7.01. The van der Waals surface area contributed by atoms with Crippen molar-refractivity contribution in [1.82, 2.24) is 4.98 Å². The number of fused-ring (bicyclic) bond motifs is 1. The van der Waals surface area contributed by atoms with E-state index < -0.39 is 0 Å². The van der Waals surface area contributed by atoms with Crippen LogP contribution in [0.3, 0.4) is 0 Å². The summed E-state index contributed by atoms with van der Waals surface area (Å²) in [7, 11) is 0. The van der Waals surface area contributed by atoms with E-state index in [2.05, 4.69) is 25.8 Å². The molecule has 0 aliphatic heterocycles. The van der Waals surface area contributed by atoms with E-state index in [1.807, 2.05) is 36.5 Å². The molecule has 0 unspecified atom stereocenters. The Kier molecular flexibility index (Phi) is 2.98. The summed E-state index contributed by atoms with van der Waals surface area (Å²) >= 11 is 3.55. The van der Waals surface area contributed by atoms with Gasteiger partial charge in [-0.1, -0.05) is 12.1 Å². The van der Waals surface area contributed by atoms with Gasteiger partial charge >= 0.3 is 0 Å². The average molecular weight is 313 g/mol. The highest BCUT2D eigenvalue weighted by atomic mass is 79.9. The zero-order valence-electron chi connectivity index (χ0n) is 9.85. The number of hydrogen-bond acceptors (Lipinski definition) is 1. The van der Waals surface area contributed by atoms with E-state index in [-0.39, 0.29) is 0 Å². The summed E-state index contributed by atoms with van der Waals surface area (Å²) in [5.41, 5.74) is 1.62. The Morgan fingerprint density at radius 2 is 2.05 bits per heavy atom. The van der Waals surface area contributed by atoms with Crippen molar-refractivity contribution >= 4 is 32.5 Å². The van der Waals surface area contributed by atoms with Crippen LogP contribution in [0.5, 0.6) is 11.5 Å². The quantitative estimate of drug-likeness (QED) is 0.641. The van der Waals surface area contributed by atoms with Gasteiger partial charge in [-0.25, -0.2) is 4.85 Å². The number of ether oxygens (including phenoxy) is 1. The third-order valence-corrected chi connectivity index (χ3v) is 3.63. The number of aromatic amines is 1. The third kappa shape index (κ3) is 2.20. The minimum absolute atomic E-state index is 0.566. The minimum atomic E-state index is 0.566. The van der Waals surface area contributed by atoms with E-state index in [1.165, 1.54) is 0 Å². The first-order chi connectivity index (χ1) is 9.28. The predicted molar refractivity (Wildman–Crippen MR) is 78.8 cm³/mol. The van der Waals surface area contributed by atoms with Gasteiger partial charge in [-0.15, -0.1) is 0 Å². The van der Waals surface area contributed by atoms with Crippen LogP contribution in [-0.2, 0) is 0 Å². The van der Waals surface area contributed by atoms with Crippen molar-refractivity contribution in [3.05, 3.63) is 64.6 Å². The first kappa shape index (κ1) is 11.8. The Morgan fingerprint density at radius 1 is 1.16 bits per heavy atom. The molecule has 0 saturated carbocycles. The Hall–Kier alpha value is -2.25. The second kappa shape index (κ2) is 4.79. The van der Waals surface area contributed by atoms with Gasteiger partial charge in [0.15, 0.2) is 5.69 Å². The Bertz CT molecular complexity index is 786. The molecule has 0 spiro atoms. The fraction of sp³-hybridized carbons (Fsp3) is 0. The van der Waals surface area contributed by atoms with Crippen LogP contribution >= 0.6 is 15.9 Å². The van der Waals surface area contributed by atoms with Crippen LogP contribution in [0.4, 0.5) is 5.69 Å². The molecule has 3 rings (SSSR count). The van der Waals surface area contributed by atoms with Gasteiger partial charge in [0, 0.05) is 17.1 Å². The third-order valence-electron chi connectivity index (χ3n) is 2.81. The Labute approximate surface area is 118 Å². The lowest BCUT2D eigenvalue weighted by atomic mass is 10.2. The second-order valence-corrected chi connectivity index (χ2v) is 4.82. The summed E-state index contributed by atoms with van der Waals surface area (Å²) in [6.07, 6.45) is 1.89. The molecule has 0 fully saturated rings. The van der Waals surface area contributed by atoms with Gasteiger partial charge in [0.2, 0.25) is 0 Å². The molecule has 1 aromatic heterocycles. The maximum absolute atomic E-state index is 7.01. The summed E-state index contributed by atoms with van der Waals surface area (Å²) in [6.45, 7) is 7.01. The van der Waals surface area contributed by atoms with Crippen molar-refractivity contribution in [2.75, 3.05) is 0 Å². The van der Waals surface area contributed by atoms with Crippen molar-refractivity contribution in [1.29, 1.82) is 0 Å². The molecule has 19 heavy (non-hydrogen) atoms. The van der Waals surface area contributed by atoms with Crippen LogP contribution in [0.15, 0.2) is 53.1 Å². The van der Waals surface area contributed by atoms with Crippen LogP contribution < -0.4 is 4.74 Å². The molecule has 1 N–H and O–H groups in total. The van der Waals surface area contributed by atoms with Gasteiger partial charge in [-0.05, 0) is 46.3 Å². The second-order valence-electron chi connectivity index (χ2n) is 4.03. The van der Waals surface area contributed by atoms with Crippen molar-refractivity contribution in [3.8, 4) is 11.5 Å². The molecule has 0 aliphatic rings. The number of aromatic nitrogens is 1. The lowest BCUT2D eigenvalue weighted by molar-refractivity contribution is 0.481. The fourth-order valence-electron chi connectivity index (χ4n) is 1.90. The summed E-state index contributed by atoms with van der Waals surface area (Å²) < 4.78 is 6.73. The maximum Gasteiger partial charge on any atom is 0.190 e. The van der Waals surface area contributed by atoms with Gasteiger partial charge in [0.1, 0.15) is 11.5 Å². The number of benzene rings is 2. The van der Waals surface area contributed by atoms with Crippen LogP contribution in [0, 0.1) is 6.57 Å².